The van der Waals surface area contributed by atoms with E-state index in [1.165, 1.54) is 10.5 Å². The first-order chi connectivity index (χ1) is 13.6. The topological polar surface area (TPSA) is 73.8 Å². The van der Waals surface area contributed by atoms with Gasteiger partial charge in [0.1, 0.15) is 0 Å². The monoisotopic (exact) mass is 508 g/mol. The molecule has 1 saturated carbocycles. The molecule has 1 heterocycles. The molecule has 1 saturated heterocycles. The molecule has 2 fully saturated rings. The molecule has 6 nitrogen and oxygen atoms in total. The highest BCUT2D eigenvalue weighted by molar-refractivity contribution is 14.0. The van der Waals surface area contributed by atoms with Crippen LogP contribution in [-0.2, 0) is 16.1 Å². The molecule has 2 aliphatic carbocycles. The zero-order chi connectivity index (χ0) is 19.7. The summed E-state index contributed by atoms with van der Waals surface area (Å²) in [5.41, 5.74) is 2.37. The van der Waals surface area contributed by atoms with E-state index in [1.54, 1.807) is 0 Å². The van der Waals surface area contributed by atoms with Crippen molar-refractivity contribution < 1.29 is 9.59 Å². The van der Waals surface area contributed by atoms with Gasteiger partial charge >= 0.3 is 0 Å². The summed E-state index contributed by atoms with van der Waals surface area (Å²) >= 11 is 0. The van der Waals surface area contributed by atoms with Crippen LogP contribution >= 0.6 is 24.0 Å². The van der Waals surface area contributed by atoms with Gasteiger partial charge < -0.3 is 10.6 Å². The summed E-state index contributed by atoms with van der Waals surface area (Å²) in [5.74, 6) is 1.00. The van der Waals surface area contributed by atoms with Crippen LogP contribution in [0, 0.1) is 30.6 Å². The Morgan fingerprint density at radius 1 is 1.07 bits per heavy atom. The van der Waals surface area contributed by atoms with Crippen molar-refractivity contribution in [1.82, 2.24) is 15.5 Å². The fourth-order valence-corrected chi connectivity index (χ4v) is 4.68. The van der Waals surface area contributed by atoms with Crippen molar-refractivity contribution in [3.8, 4) is 0 Å². The second-order valence-corrected chi connectivity index (χ2v) is 7.94. The average Bonchev–Trinajstić information content (AvgIpc) is 3.37. The van der Waals surface area contributed by atoms with Gasteiger partial charge in [-0.1, -0.05) is 42.0 Å². The Balaban J connectivity index is 0.00000240. The average molecular weight is 508 g/mol. The first-order valence-corrected chi connectivity index (χ1v) is 10.2. The summed E-state index contributed by atoms with van der Waals surface area (Å²) in [4.78, 5) is 31.5. The number of hydrogen-bond acceptors (Lipinski definition) is 3. The molecular weight excluding hydrogens is 479 g/mol. The van der Waals surface area contributed by atoms with Gasteiger partial charge in [-0.15, -0.1) is 24.0 Å². The maximum absolute atomic E-state index is 12.7. The summed E-state index contributed by atoms with van der Waals surface area (Å²) in [7, 11) is 0. The minimum Gasteiger partial charge on any atom is -0.357 e. The number of aryl methyl sites for hydroxylation is 1. The molecule has 29 heavy (non-hydrogen) atoms. The van der Waals surface area contributed by atoms with Crippen LogP contribution in [0.2, 0.25) is 0 Å². The van der Waals surface area contributed by atoms with Crippen molar-refractivity contribution in [3.63, 3.8) is 0 Å². The van der Waals surface area contributed by atoms with Gasteiger partial charge in [0.2, 0.25) is 11.8 Å². The molecule has 0 spiro atoms. The molecule has 4 atom stereocenters. The minimum atomic E-state index is -0.119. The maximum atomic E-state index is 12.7. The van der Waals surface area contributed by atoms with Crippen molar-refractivity contribution in [3.05, 3.63) is 47.5 Å². The Labute approximate surface area is 189 Å². The van der Waals surface area contributed by atoms with Crippen LogP contribution in [0.25, 0.3) is 0 Å². The molecule has 1 aliphatic heterocycles. The van der Waals surface area contributed by atoms with Gasteiger partial charge in [0.05, 0.1) is 18.4 Å². The standard InChI is InChI=1S/C22H28N4O2.HI/c1-3-23-22(25-13-15-6-4-14(2)5-7-15)24-10-11-26-20(27)18-16-8-9-17(12-16)19(18)21(26)28;/h4-9,16-19H,3,10-13H2,1-2H3,(H2,23,24,25);1H. The number of likely N-dealkylation sites (tertiary alicyclic amines) is 1. The zero-order valence-corrected chi connectivity index (χ0v) is 19.3. The van der Waals surface area contributed by atoms with E-state index in [-0.39, 0.29) is 59.5 Å². The van der Waals surface area contributed by atoms with Gasteiger partial charge in [-0.2, -0.15) is 0 Å². The molecule has 3 aliphatic rings. The Kier molecular flexibility index (Phi) is 6.97. The van der Waals surface area contributed by atoms with E-state index in [1.807, 2.05) is 6.92 Å². The number of carbonyl (C=O) groups excluding carboxylic acids is 2. The summed E-state index contributed by atoms with van der Waals surface area (Å²) in [6.07, 6.45) is 5.22. The molecule has 7 heteroatoms. The molecule has 4 rings (SSSR count). The van der Waals surface area contributed by atoms with Crippen LogP contribution in [0.4, 0.5) is 0 Å². The predicted octanol–water partition coefficient (Wildman–Crippen LogP) is 2.48. The Hall–Kier alpha value is -1.90. The summed E-state index contributed by atoms with van der Waals surface area (Å²) in [6, 6.07) is 8.30. The Bertz CT molecular complexity index is 791. The highest BCUT2D eigenvalue weighted by atomic mass is 127. The van der Waals surface area contributed by atoms with E-state index in [9.17, 15) is 9.59 Å². The lowest BCUT2D eigenvalue weighted by Crippen LogP contribution is -2.43. The van der Waals surface area contributed by atoms with Crippen molar-refractivity contribution in [1.29, 1.82) is 0 Å². The summed E-state index contributed by atoms with van der Waals surface area (Å²) < 4.78 is 0. The second kappa shape index (κ2) is 9.28. The summed E-state index contributed by atoms with van der Waals surface area (Å²) in [6.45, 7) is 6.30. The van der Waals surface area contributed by atoms with E-state index >= 15 is 0 Å². The smallest absolute Gasteiger partial charge is 0.233 e. The number of amides is 2. The molecule has 156 valence electrons. The van der Waals surface area contributed by atoms with Crippen LogP contribution in [-0.4, -0.2) is 42.3 Å². The normalized spacial score (nSPS) is 27.2. The lowest BCUT2D eigenvalue weighted by atomic mass is 9.85. The highest BCUT2D eigenvalue weighted by Gasteiger charge is 2.58. The third-order valence-electron chi connectivity index (χ3n) is 6.07. The minimum absolute atomic E-state index is 0. The van der Waals surface area contributed by atoms with E-state index in [0.29, 0.717) is 25.6 Å². The Morgan fingerprint density at radius 2 is 1.69 bits per heavy atom. The van der Waals surface area contributed by atoms with Gasteiger partial charge in [0, 0.05) is 19.6 Å². The number of hydrogen-bond donors (Lipinski definition) is 2. The molecule has 2 amide bonds. The Morgan fingerprint density at radius 3 is 2.28 bits per heavy atom. The van der Waals surface area contributed by atoms with E-state index in [2.05, 4.69) is 59.0 Å². The SMILES string of the molecule is CCNC(=NCc1ccc(C)cc1)NCCN1C(=O)C2C3C=CC(C3)C2C1=O.I. The van der Waals surface area contributed by atoms with Gasteiger partial charge in [0.15, 0.2) is 5.96 Å². The quantitative estimate of drug-likeness (QED) is 0.204. The predicted molar refractivity (Wildman–Crippen MR) is 124 cm³/mol. The molecule has 2 N–H and O–H groups in total. The number of aliphatic imine (C=N–C) groups is 1. The van der Waals surface area contributed by atoms with Crippen LogP contribution in [0.15, 0.2) is 41.4 Å². The number of fused-ring (bicyclic) bond motifs is 5. The van der Waals surface area contributed by atoms with Crippen LogP contribution in [0.3, 0.4) is 0 Å². The number of guanidine groups is 1. The first kappa shape index (κ1) is 21.8. The molecule has 0 aromatic heterocycles. The second-order valence-electron chi connectivity index (χ2n) is 7.94. The largest absolute Gasteiger partial charge is 0.357 e. The fraction of sp³-hybridized carbons (Fsp3) is 0.500. The van der Waals surface area contributed by atoms with Gasteiger partial charge in [-0.05, 0) is 37.7 Å². The van der Waals surface area contributed by atoms with Gasteiger partial charge in [0.25, 0.3) is 0 Å². The molecular formula is C22H29IN4O2. The molecule has 1 aromatic rings. The van der Waals surface area contributed by atoms with Crippen LogP contribution < -0.4 is 10.6 Å². The third kappa shape index (κ3) is 4.34. The first-order valence-electron chi connectivity index (χ1n) is 10.2. The number of nitrogens with zero attached hydrogens (tertiary/aromatic N) is 2. The fourth-order valence-electron chi connectivity index (χ4n) is 4.68. The van der Waals surface area contributed by atoms with E-state index in [4.69, 9.17) is 0 Å². The van der Waals surface area contributed by atoms with E-state index in [0.717, 1.165) is 18.5 Å². The number of benzene rings is 1. The van der Waals surface area contributed by atoms with Crippen LogP contribution in [0.1, 0.15) is 24.5 Å². The van der Waals surface area contributed by atoms with Crippen molar-refractivity contribution in [2.75, 3.05) is 19.6 Å². The van der Waals surface area contributed by atoms with Gasteiger partial charge in [-0.3, -0.25) is 14.5 Å². The number of carbonyl (C=O) groups is 2. The lowest BCUT2D eigenvalue weighted by Gasteiger charge is -2.18. The number of allylic oxidation sites excluding steroid dienone is 2. The van der Waals surface area contributed by atoms with Crippen molar-refractivity contribution in [2.24, 2.45) is 28.7 Å². The molecule has 0 radical (unpaired) electrons. The van der Waals surface area contributed by atoms with Gasteiger partial charge in [-0.25, -0.2) is 4.99 Å². The number of halogens is 1. The molecule has 4 unspecified atom stereocenters. The maximum Gasteiger partial charge on any atom is 0.233 e. The van der Waals surface area contributed by atoms with Crippen LogP contribution in [0.5, 0.6) is 0 Å². The zero-order valence-electron chi connectivity index (χ0n) is 16.9. The molecule has 2 bridgehead atoms. The third-order valence-corrected chi connectivity index (χ3v) is 6.07. The summed E-state index contributed by atoms with van der Waals surface area (Å²) in [5, 5.41) is 6.47. The van der Waals surface area contributed by atoms with Crippen molar-refractivity contribution in [2.45, 2.75) is 26.8 Å². The van der Waals surface area contributed by atoms with Crippen molar-refractivity contribution >= 4 is 41.8 Å². The number of rotatable bonds is 6. The molecule has 1 aromatic carbocycles. The lowest BCUT2D eigenvalue weighted by molar-refractivity contribution is -0.140. The number of nitrogens with one attached hydrogen (secondary N) is 2. The van der Waals surface area contributed by atoms with E-state index < -0.39 is 0 Å². The number of imide groups is 1. The highest BCUT2D eigenvalue weighted by Crippen LogP contribution is 2.52.